The highest BCUT2D eigenvalue weighted by molar-refractivity contribution is 6.32. The van der Waals surface area contributed by atoms with Crippen molar-refractivity contribution in [2.75, 3.05) is 0 Å². The van der Waals surface area contributed by atoms with Crippen molar-refractivity contribution in [3.05, 3.63) is 34.6 Å². The molecule has 0 aromatic heterocycles. The molecule has 0 saturated heterocycles. The van der Waals surface area contributed by atoms with Gasteiger partial charge in [0.2, 0.25) is 0 Å². The van der Waals surface area contributed by atoms with Crippen molar-refractivity contribution >= 4 is 17.6 Å². The van der Waals surface area contributed by atoms with Gasteiger partial charge in [-0.1, -0.05) is 23.7 Å². The van der Waals surface area contributed by atoms with E-state index in [1.165, 1.54) is 0 Å². The summed E-state index contributed by atoms with van der Waals surface area (Å²) in [6, 6.07) is 3.26. The van der Waals surface area contributed by atoms with Crippen molar-refractivity contribution < 1.29 is 23.1 Å². The summed E-state index contributed by atoms with van der Waals surface area (Å²) in [7, 11) is 0. The number of aliphatic carboxylic acids is 1. The van der Waals surface area contributed by atoms with Crippen molar-refractivity contribution in [1.29, 1.82) is 0 Å². The Bertz CT molecular complexity index is 475. The third-order valence-electron chi connectivity index (χ3n) is 2.76. The van der Waals surface area contributed by atoms with Gasteiger partial charge in [-0.15, -0.1) is 0 Å². The third kappa shape index (κ3) is 1.24. The predicted octanol–water partition coefficient (Wildman–Crippen LogP) is 2.84. The smallest absolute Gasteiger partial charge is 0.320 e. The maximum Gasteiger partial charge on any atom is 0.320 e. The highest BCUT2D eigenvalue weighted by Crippen LogP contribution is 2.63. The van der Waals surface area contributed by atoms with E-state index in [9.17, 15) is 18.0 Å². The number of benzene rings is 1. The van der Waals surface area contributed by atoms with E-state index in [1.54, 1.807) is 0 Å². The Labute approximate surface area is 93.6 Å². The number of carboxylic acids is 1. The van der Waals surface area contributed by atoms with Crippen LogP contribution < -0.4 is 0 Å². The summed E-state index contributed by atoms with van der Waals surface area (Å²) in [6.45, 7) is 0. The summed E-state index contributed by atoms with van der Waals surface area (Å²) < 4.78 is 39.4. The molecule has 1 unspecified atom stereocenters. The highest BCUT2D eigenvalue weighted by Gasteiger charge is 2.78. The Balaban J connectivity index is 2.60. The number of rotatable bonds is 2. The van der Waals surface area contributed by atoms with Gasteiger partial charge < -0.3 is 5.11 Å². The van der Waals surface area contributed by atoms with E-state index >= 15 is 0 Å². The molecule has 0 aliphatic heterocycles. The lowest BCUT2D eigenvalue weighted by Crippen LogP contribution is -2.27. The number of alkyl halides is 2. The molecule has 86 valence electrons. The van der Waals surface area contributed by atoms with E-state index in [1.807, 2.05) is 0 Å². The van der Waals surface area contributed by atoms with Gasteiger partial charge in [-0.3, -0.25) is 4.79 Å². The molecule has 2 nitrogen and oxygen atoms in total. The summed E-state index contributed by atoms with van der Waals surface area (Å²) >= 11 is 5.52. The molecule has 1 aliphatic carbocycles. The van der Waals surface area contributed by atoms with Crippen LogP contribution in [0, 0.1) is 5.82 Å². The first-order valence-corrected chi connectivity index (χ1v) is 4.76. The second-order valence-electron chi connectivity index (χ2n) is 3.69. The minimum Gasteiger partial charge on any atom is -0.480 e. The molecule has 1 fully saturated rings. The van der Waals surface area contributed by atoms with Crippen molar-refractivity contribution in [1.82, 2.24) is 0 Å². The number of hydrogen-bond acceptors (Lipinski definition) is 1. The highest BCUT2D eigenvalue weighted by atomic mass is 35.5. The summed E-state index contributed by atoms with van der Waals surface area (Å²) in [6.07, 6.45) is -0.849. The van der Waals surface area contributed by atoms with Gasteiger partial charge in [0.1, 0.15) is 5.82 Å². The topological polar surface area (TPSA) is 37.3 Å². The molecule has 1 aliphatic rings. The zero-order chi connectivity index (χ0) is 12.1. The number of carboxylic acid groups (broad SMARTS) is 1. The first kappa shape index (κ1) is 11.3. The lowest BCUT2D eigenvalue weighted by atomic mass is 9.95. The fraction of sp³-hybridized carbons (Fsp3) is 0.300. The number of carbonyl (C=O) groups is 1. The van der Waals surface area contributed by atoms with Crippen LogP contribution >= 0.6 is 11.6 Å². The van der Waals surface area contributed by atoms with Crippen LogP contribution in [-0.2, 0) is 10.2 Å². The predicted molar refractivity (Wildman–Crippen MR) is 50.3 cm³/mol. The molecule has 1 N–H and O–H groups in total. The van der Waals surface area contributed by atoms with Gasteiger partial charge in [-0.05, 0) is 11.6 Å². The van der Waals surface area contributed by atoms with Gasteiger partial charge in [0.25, 0.3) is 5.92 Å². The van der Waals surface area contributed by atoms with Crippen LogP contribution in [0.15, 0.2) is 18.2 Å². The third-order valence-corrected chi connectivity index (χ3v) is 3.15. The zero-order valence-corrected chi connectivity index (χ0v) is 8.56. The molecule has 0 radical (unpaired) electrons. The maximum absolute atomic E-state index is 13.1. The Kier molecular flexibility index (Phi) is 2.21. The average Bonchev–Trinajstić information content (AvgIpc) is 2.75. The van der Waals surface area contributed by atoms with E-state index in [0.717, 1.165) is 18.2 Å². The summed E-state index contributed by atoms with van der Waals surface area (Å²) in [5.74, 6) is -5.97. The maximum atomic E-state index is 13.1. The second kappa shape index (κ2) is 3.13. The van der Waals surface area contributed by atoms with Crippen molar-refractivity contribution in [3.63, 3.8) is 0 Å². The van der Waals surface area contributed by atoms with Crippen molar-refractivity contribution in [3.8, 4) is 0 Å². The minimum atomic E-state index is -3.38. The molecule has 16 heavy (non-hydrogen) atoms. The largest absolute Gasteiger partial charge is 0.480 e. The SMILES string of the molecule is O=C(O)C1(c2cccc(F)c2Cl)CC1(F)F. The van der Waals surface area contributed by atoms with Crippen LogP contribution in [0.1, 0.15) is 12.0 Å². The van der Waals surface area contributed by atoms with Gasteiger partial charge in [0.15, 0.2) is 5.41 Å². The molecule has 2 rings (SSSR count). The van der Waals surface area contributed by atoms with Gasteiger partial charge in [-0.25, -0.2) is 13.2 Å². The Hall–Kier alpha value is -1.23. The molecule has 1 aromatic rings. The fourth-order valence-corrected chi connectivity index (χ4v) is 2.05. The van der Waals surface area contributed by atoms with Crippen molar-refractivity contribution in [2.24, 2.45) is 0 Å². The van der Waals surface area contributed by atoms with Gasteiger partial charge in [0, 0.05) is 6.42 Å². The summed E-state index contributed by atoms with van der Waals surface area (Å²) in [5, 5.41) is 8.29. The van der Waals surface area contributed by atoms with Crippen LogP contribution in [0.4, 0.5) is 13.2 Å². The Morgan fingerprint density at radius 2 is 2.00 bits per heavy atom. The van der Waals surface area contributed by atoms with E-state index in [2.05, 4.69) is 0 Å². The minimum absolute atomic E-state index is 0.369. The molecular formula is C10H6ClF3O2. The molecular weight excluding hydrogens is 245 g/mol. The lowest BCUT2D eigenvalue weighted by Gasteiger charge is -2.13. The first-order chi connectivity index (χ1) is 7.33. The van der Waals surface area contributed by atoms with Gasteiger partial charge in [0.05, 0.1) is 5.02 Å². The van der Waals surface area contributed by atoms with Crippen LogP contribution in [0.25, 0.3) is 0 Å². The number of halogens is 4. The second-order valence-corrected chi connectivity index (χ2v) is 4.07. The van der Waals surface area contributed by atoms with Gasteiger partial charge in [-0.2, -0.15) is 0 Å². The van der Waals surface area contributed by atoms with E-state index < -0.39 is 34.6 Å². The molecule has 1 saturated carbocycles. The van der Waals surface area contributed by atoms with E-state index in [-0.39, 0.29) is 5.56 Å². The van der Waals surface area contributed by atoms with Crippen LogP contribution in [-0.4, -0.2) is 17.0 Å². The van der Waals surface area contributed by atoms with Crippen LogP contribution in [0.2, 0.25) is 5.02 Å². The zero-order valence-electron chi connectivity index (χ0n) is 7.81. The first-order valence-electron chi connectivity index (χ1n) is 4.38. The molecule has 0 spiro atoms. The monoisotopic (exact) mass is 250 g/mol. The van der Waals surface area contributed by atoms with Gasteiger partial charge >= 0.3 is 5.97 Å². The molecule has 6 heteroatoms. The Morgan fingerprint density at radius 1 is 1.44 bits per heavy atom. The summed E-state index contributed by atoms with van der Waals surface area (Å²) in [5.41, 5.74) is -2.74. The number of hydrogen-bond donors (Lipinski definition) is 1. The van der Waals surface area contributed by atoms with Crippen molar-refractivity contribution in [2.45, 2.75) is 17.8 Å². The normalized spacial score (nSPS) is 26.5. The summed E-state index contributed by atoms with van der Waals surface area (Å²) in [4.78, 5) is 10.9. The molecule has 0 amide bonds. The van der Waals surface area contributed by atoms with E-state index in [4.69, 9.17) is 16.7 Å². The molecule has 1 aromatic carbocycles. The lowest BCUT2D eigenvalue weighted by molar-refractivity contribution is -0.142. The quantitative estimate of drug-likeness (QED) is 0.876. The van der Waals surface area contributed by atoms with E-state index in [0.29, 0.717) is 0 Å². The fourth-order valence-electron chi connectivity index (χ4n) is 1.76. The van der Waals surface area contributed by atoms with Crippen LogP contribution in [0.3, 0.4) is 0 Å². The Morgan fingerprint density at radius 3 is 2.44 bits per heavy atom. The molecule has 0 heterocycles. The molecule has 1 atom stereocenters. The standard InChI is InChI=1S/C10H6ClF3O2/c11-7-5(2-1-3-6(7)12)9(8(15)16)4-10(9,13)14/h1-3H,4H2,(H,15,16). The van der Waals surface area contributed by atoms with Crippen LogP contribution in [0.5, 0.6) is 0 Å². The average molecular weight is 251 g/mol. The molecule has 0 bridgehead atoms.